The van der Waals surface area contributed by atoms with E-state index in [-0.39, 0.29) is 12.5 Å². The number of rotatable bonds is 13. The van der Waals surface area contributed by atoms with Gasteiger partial charge in [0.15, 0.2) is 0 Å². The summed E-state index contributed by atoms with van der Waals surface area (Å²) < 4.78 is 12.0. The summed E-state index contributed by atoms with van der Waals surface area (Å²) in [5.74, 6) is 0.420. The molecule has 0 aromatic carbocycles. The molecule has 0 radical (unpaired) electrons. The summed E-state index contributed by atoms with van der Waals surface area (Å²) in [7, 11) is 0. The lowest BCUT2D eigenvalue weighted by atomic mass is 9.76. The molecule has 5 heteroatoms. The lowest BCUT2D eigenvalue weighted by Crippen LogP contribution is -2.36. The predicted octanol–water partition coefficient (Wildman–Crippen LogP) is 3.53. The van der Waals surface area contributed by atoms with Crippen molar-refractivity contribution >= 4 is 5.97 Å². The van der Waals surface area contributed by atoms with E-state index < -0.39 is 5.97 Å². The van der Waals surface area contributed by atoms with Gasteiger partial charge >= 0.3 is 5.97 Å². The zero-order valence-electron chi connectivity index (χ0n) is 16.2. The van der Waals surface area contributed by atoms with E-state index in [0.717, 1.165) is 32.2 Å². The van der Waals surface area contributed by atoms with E-state index in [0.29, 0.717) is 36.2 Å². The second-order valence-electron chi connectivity index (χ2n) is 8.24. The van der Waals surface area contributed by atoms with Gasteiger partial charge in [-0.15, -0.1) is 0 Å². The molecule has 26 heavy (non-hydrogen) atoms. The maximum atomic E-state index is 10.6. The van der Waals surface area contributed by atoms with Gasteiger partial charge in [-0.25, -0.2) is 0 Å². The number of carboxylic acids is 1. The fourth-order valence-corrected chi connectivity index (χ4v) is 4.72. The number of ether oxygens (including phenoxy) is 2. The van der Waals surface area contributed by atoms with Crippen molar-refractivity contribution in [1.82, 2.24) is 5.32 Å². The molecule has 0 aromatic heterocycles. The first-order valence-electron chi connectivity index (χ1n) is 10.5. The lowest BCUT2D eigenvalue weighted by Gasteiger charge is -2.26. The molecule has 0 aromatic rings. The first kappa shape index (κ1) is 19.8. The van der Waals surface area contributed by atoms with Gasteiger partial charge in [0.05, 0.1) is 12.2 Å². The van der Waals surface area contributed by atoms with Gasteiger partial charge in [0.1, 0.15) is 12.2 Å². The van der Waals surface area contributed by atoms with Crippen LogP contribution in [-0.4, -0.2) is 48.1 Å². The third kappa shape index (κ3) is 4.87. The highest BCUT2D eigenvalue weighted by Gasteiger charge is 2.68. The molecular formula is C21H35NO4. The van der Waals surface area contributed by atoms with Gasteiger partial charge < -0.3 is 19.9 Å². The van der Waals surface area contributed by atoms with Gasteiger partial charge in [0, 0.05) is 12.5 Å². The van der Waals surface area contributed by atoms with Crippen LogP contribution in [-0.2, 0) is 14.3 Å². The molecular weight excluding hydrogens is 330 g/mol. The zero-order valence-corrected chi connectivity index (χ0v) is 16.2. The van der Waals surface area contributed by atoms with Crippen LogP contribution in [0.4, 0.5) is 0 Å². The van der Waals surface area contributed by atoms with Crippen LogP contribution in [0.2, 0.25) is 0 Å². The summed E-state index contributed by atoms with van der Waals surface area (Å²) in [5, 5.41) is 12.4. The summed E-state index contributed by atoms with van der Waals surface area (Å²) in [5.41, 5.74) is 0. The molecule has 2 bridgehead atoms. The van der Waals surface area contributed by atoms with Crippen molar-refractivity contribution in [2.24, 2.45) is 11.8 Å². The Hall–Kier alpha value is -0.910. The van der Waals surface area contributed by atoms with Gasteiger partial charge in [-0.3, -0.25) is 4.79 Å². The Morgan fingerprint density at radius 2 is 1.85 bits per heavy atom. The average molecular weight is 366 g/mol. The number of carboxylic acid groups (broad SMARTS) is 1. The molecule has 0 saturated carbocycles. The molecule has 148 valence electrons. The third-order valence-corrected chi connectivity index (χ3v) is 6.21. The maximum absolute atomic E-state index is 10.6. The van der Waals surface area contributed by atoms with E-state index >= 15 is 0 Å². The summed E-state index contributed by atoms with van der Waals surface area (Å²) in [6.45, 7) is 5.58. The van der Waals surface area contributed by atoms with Crippen LogP contribution in [0.3, 0.4) is 0 Å². The molecule has 5 nitrogen and oxygen atoms in total. The second kappa shape index (κ2) is 9.34. The number of hydrogen-bond acceptors (Lipinski definition) is 4. The second-order valence-corrected chi connectivity index (χ2v) is 8.24. The predicted molar refractivity (Wildman–Crippen MR) is 101 cm³/mol. The topological polar surface area (TPSA) is 71.1 Å². The van der Waals surface area contributed by atoms with Crippen LogP contribution in [0, 0.1) is 11.8 Å². The van der Waals surface area contributed by atoms with Crippen molar-refractivity contribution in [3.8, 4) is 0 Å². The summed E-state index contributed by atoms with van der Waals surface area (Å²) in [6.07, 6.45) is 13.4. The molecule has 7 atom stereocenters. The van der Waals surface area contributed by atoms with E-state index in [1.54, 1.807) is 0 Å². The molecule has 3 aliphatic rings. The Morgan fingerprint density at radius 1 is 1.12 bits per heavy atom. The molecule has 1 unspecified atom stereocenters. The summed E-state index contributed by atoms with van der Waals surface area (Å²) in [4.78, 5) is 10.6. The summed E-state index contributed by atoms with van der Waals surface area (Å²) >= 11 is 0. The van der Waals surface area contributed by atoms with E-state index in [2.05, 4.69) is 31.3 Å². The van der Waals surface area contributed by atoms with Crippen LogP contribution in [0.5, 0.6) is 0 Å². The Labute approximate surface area is 157 Å². The summed E-state index contributed by atoms with van der Waals surface area (Å²) in [6, 6.07) is 0.590. The van der Waals surface area contributed by atoms with Crippen molar-refractivity contribution in [3.63, 3.8) is 0 Å². The molecule has 3 saturated heterocycles. The quantitative estimate of drug-likeness (QED) is 0.297. The number of nitrogens with one attached hydrogen (secondary N) is 1. The normalized spacial score (nSPS) is 35.8. The van der Waals surface area contributed by atoms with Crippen molar-refractivity contribution in [1.29, 1.82) is 0 Å². The highest BCUT2D eigenvalue weighted by molar-refractivity contribution is 5.66. The number of fused-ring (bicyclic) bond motifs is 5. The fraction of sp³-hybridized carbons (Fsp3) is 0.857. The van der Waals surface area contributed by atoms with E-state index in [9.17, 15) is 4.79 Å². The van der Waals surface area contributed by atoms with Crippen LogP contribution < -0.4 is 5.32 Å². The Kier molecular flexibility index (Phi) is 7.12. The van der Waals surface area contributed by atoms with E-state index in [4.69, 9.17) is 14.6 Å². The van der Waals surface area contributed by atoms with Gasteiger partial charge in [-0.05, 0) is 57.4 Å². The highest BCUT2D eigenvalue weighted by Crippen LogP contribution is 2.55. The third-order valence-electron chi connectivity index (χ3n) is 6.21. The Balaban J connectivity index is 1.42. The fourth-order valence-electron chi connectivity index (χ4n) is 4.72. The standard InChI is InChI=1S/C21H35NO4/c1-3-4-9-14(2)22-13-12-16-15(10-7-5-6-8-11-17(23)24)18-20-21(26-20)19(16)25-18/h5,7,14-16,18-22H,3-4,6,8-13H2,1-2H3,(H,23,24)/b7-5-/t14?,15-,16+,18+,19-,20-,21+/m0/s1. The molecule has 3 rings (SSSR count). The van der Waals surface area contributed by atoms with Crippen molar-refractivity contribution in [2.75, 3.05) is 6.54 Å². The van der Waals surface area contributed by atoms with E-state index in [1.807, 2.05) is 0 Å². The van der Waals surface area contributed by atoms with E-state index in [1.165, 1.54) is 19.3 Å². The molecule has 2 N–H and O–H groups in total. The minimum atomic E-state index is -0.711. The van der Waals surface area contributed by atoms with Crippen LogP contribution in [0.1, 0.15) is 65.2 Å². The lowest BCUT2D eigenvalue weighted by molar-refractivity contribution is -0.137. The van der Waals surface area contributed by atoms with Crippen LogP contribution in [0.25, 0.3) is 0 Å². The largest absolute Gasteiger partial charge is 0.481 e. The Bertz CT molecular complexity index is 494. The van der Waals surface area contributed by atoms with Crippen molar-refractivity contribution in [2.45, 2.75) is 95.7 Å². The SMILES string of the molecule is CCCCC(C)NCC[C@@H]1[C@H](C/C=C\CCCC(=O)O)[C@H]2O[C@@H]1[C@H]1O[C@H]12. The molecule has 0 aliphatic carbocycles. The first-order valence-corrected chi connectivity index (χ1v) is 10.5. The minimum absolute atomic E-state index is 0.254. The van der Waals surface area contributed by atoms with Crippen LogP contribution in [0.15, 0.2) is 12.2 Å². The highest BCUT2D eigenvalue weighted by atomic mass is 16.7. The first-order chi connectivity index (χ1) is 12.6. The molecule has 3 heterocycles. The number of unbranched alkanes of at least 4 members (excludes halogenated alkanes) is 2. The molecule has 0 amide bonds. The number of allylic oxidation sites excluding steroid dienone is 2. The number of hydrogen-bond donors (Lipinski definition) is 2. The molecule has 3 fully saturated rings. The maximum Gasteiger partial charge on any atom is 0.303 e. The van der Waals surface area contributed by atoms with Gasteiger partial charge in [0.25, 0.3) is 0 Å². The average Bonchev–Trinajstić information content (AvgIpc) is 3.24. The number of carbonyl (C=O) groups is 1. The monoisotopic (exact) mass is 365 g/mol. The number of epoxide rings is 1. The molecule has 0 spiro atoms. The van der Waals surface area contributed by atoms with Gasteiger partial charge in [-0.1, -0.05) is 31.9 Å². The van der Waals surface area contributed by atoms with Crippen molar-refractivity contribution < 1.29 is 19.4 Å². The molecule has 3 aliphatic heterocycles. The Morgan fingerprint density at radius 3 is 2.58 bits per heavy atom. The number of aliphatic carboxylic acids is 1. The van der Waals surface area contributed by atoms with Gasteiger partial charge in [0.2, 0.25) is 0 Å². The van der Waals surface area contributed by atoms with Crippen molar-refractivity contribution in [3.05, 3.63) is 12.2 Å². The smallest absolute Gasteiger partial charge is 0.303 e. The zero-order chi connectivity index (χ0) is 18.5. The van der Waals surface area contributed by atoms with Crippen LogP contribution >= 0.6 is 0 Å². The van der Waals surface area contributed by atoms with Gasteiger partial charge in [-0.2, -0.15) is 0 Å². The minimum Gasteiger partial charge on any atom is -0.481 e.